The molecule has 0 fully saturated rings. The SMILES string of the molecule is O=C(NCC=Cc1cnn(-c2cccc(F)c2)c1)OCc1ccccc1. The minimum Gasteiger partial charge on any atom is -0.445 e. The van der Waals surface area contributed by atoms with Crippen LogP contribution >= 0.6 is 0 Å². The smallest absolute Gasteiger partial charge is 0.407 e. The highest BCUT2D eigenvalue weighted by atomic mass is 19.1. The number of amides is 1. The van der Waals surface area contributed by atoms with Crippen molar-refractivity contribution in [1.82, 2.24) is 15.1 Å². The van der Waals surface area contributed by atoms with Crippen molar-refractivity contribution < 1.29 is 13.9 Å². The minimum absolute atomic E-state index is 0.233. The molecule has 1 N–H and O–H groups in total. The number of rotatable bonds is 6. The fourth-order valence-electron chi connectivity index (χ4n) is 2.29. The van der Waals surface area contributed by atoms with Crippen LogP contribution in [0.2, 0.25) is 0 Å². The Hall–Kier alpha value is -3.41. The Kier molecular flexibility index (Phi) is 5.77. The fourth-order valence-corrected chi connectivity index (χ4v) is 2.29. The van der Waals surface area contributed by atoms with Crippen molar-refractivity contribution in [1.29, 1.82) is 0 Å². The molecule has 0 bridgehead atoms. The van der Waals surface area contributed by atoms with Gasteiger partial charge in [-0.1, -0.05) is 48.6 Å². The van der Waals surface area contributed by atoms with E-state index in [0.29, 0.717) is 12.2 Å². The molecule has 0 saturated heterocycles. The zero-order valence-corrected chi connectivity index (χ0v) is 14.0. The van der Waals surface area contributed by atoms with Gasteiger partial charge in [0.1, 0.15) is 12.4 Å². The van der Waals surface area contributed by atoms with Crippen molar-refractivity contribution in [2.45, 2.75) is 6.61 Å². The standard InChI is InChI=1S/C20H18FN3O2/c21-18-9-4-10-19(12-18)24-14-17(13-23-24)8-5-11-22-20(25)26-15-16-6-2-1-3-7-16/h1-10,12-14H,11,15H2,(H,22,25). The van der Waals surface area contributed by atoms with E-state index in [1.54, 1.807) is 35.3 Å². The Morgan fingerprint density at radius 3 is 2.85 bits per heavy atom. The predicted octanol–water partition coefficient (Wildman–Crippen LogP) is 3.95. The van der Waals surface area contributed by atoms with Crippen LogP contribution in [-0.2, 0) is 11.3 Å². The number of nitrogens with zero attached hydrogens (tertiary/aromatic N) is 2. The first-order valence-corrected chi connectivity index (χ1v) is 8.12. The molecule has 132 valence electrons. The maximum atomic E-state index is 13.2. The first-order chi connectivity index (χ1) is 12.7. The van der Waals surface area contributed by atoms with Gasteiger partial charge in [-0.3, -0.25) is 0 Å². The monoisotopic (exact) mass is 351 g/mol. The zero-order chi connectivity index (χ0) is 18.2. The molecule has 26 heavy (non-hydrogen) atoms. The van der Waals surface area contributed by atoms with E-state index in [1.807, 2.05) is 36.4 Å². The van der Waals surface area contributed by atoms with Crippen LogP contribution in [0.25, 0.3) is 11.8 Å². The molecule has 0 radical (unpaired) electrons. The number of hydrogen-bond acceptors (Lipinski definition) is 3. The molecule has 0 spiro atoms. The third kappa shape index (κ3) is 5.04. The number of hydrogen-bond donors (Lipinski definition) is 1. The fraction of sp³-hybridized carbons (Fsp3) is 0.100. The molecule has 0 aliphatic rings. The van der Waals surface area contributed by atoms with E-state index in [1.165, 1.54) is 12.1 Å². The molecule has 3 aromatic rings. The summed E-state index contributed by atoms with van der Waals surface area (Å²) in [6, 6.07) is 15.7. The average Bonchev–Trinajstić information content (AvgIpc) is 3.13. The first-order valence-electron chi connectivity index (χ1n) is 8.12. The van der Waals surface area contributed by atoms with Crippen molar-refractivity contribution in [2.75, 3.05) is 6.54 Å². The van der Waals surface area contributed by atoms with Gasteiger partial charge in [-0.25, -0.2) is 13.9 Å². The first kappa shape index (κ1) is 17.4. The maximum absolute atomic E-state index is 13.2. The molecule has 0 atom stereocenters. The second-order valence-electron chi connectivity index (χ2n) is 5.54. The highest BCUT2D eigenvalue weighted by Crippen LogP contribution is 2.10. The summed E-state index contributed by atoms with van der Waals surface area (Å²) in [6.07, 6.45) is 6.57. The van der Waals surface area contributed by atoms with Crippen molar-refractivity contribution in [3.05, 3.63) is 90.0 Å². The Morgan fingerprint density at radius 2 is 2.04 bits per heavy atom. The average molecular weight is 351 g/mol. The summed E-state index contributed by atoms with van der Waals surface area (Å²) in [6.45, 7) is 0.565. The van der Waals surface area contributed by atoms with Crippen LogP contribution in [0.1, 0.15) is 11.1 Å². The number of halogens is 1. The molecule has 1 heterocycles. The normalized spacial score (nSPS) is 10.8. The van der Waals surface area contributed by atoms with E-state index in [9.17, 15) is 9.18 Å². The largest absolute Gasteiger partial charge is 0.445 e. The molecule has 2 aromatic carbocycles. The van der Waals surface area contributed by atoms with E-state index in [0.717, 1.165) is 11.1 Å². The highest BCUT2D eigenvalue weighted by Gasteiger charge is 2.02. The van der Waals surface area contributed by atoms with Gasteiger partial charge in [0.15, 0.2) is 0 Å². The van der Waals surface area contributed by atoms with E-state index < -0.39 is 6.09 Å². The van der Waals surface area contributed by atoms with Crippen molar-refractivity contribution in [3.63, 3.8) is 0 Å². The molecular weight excluding hydrogens is 333 g/mol. The summed E-state index contributed by atoms with van der Waals surface area (Å²) in [7, 11) is 0. The molecular formula is C20H18FN3O2. The lowest BCUT2D eigenvalue weighted by Crippen LogP contribution is -2.24. The lowest BCUT2D eigenvalue weighted by molar-refractivity contribution is 0.141. The van der Waals surface area contributed by atoms with Crippen LogP contribution in [0.4, 0.5) is 9.18 Å². The molecule has 0 saturated carbocycles. The number of aromatic nitrogens is 2. The van der Waals surface area contributed by atoms with Crippen molar-refractivity contribution in [2.24, 2.45) is 0 Å². The van der Waals surface area contributed by atoms with Crippen LogP contribution in [0.3, 0.4) is 0 Å². The topological polar surface area (TPSA) is 56.2 Å². The molecule has 1 amide bonds. The number of ether oxygens (including phenoxy) is 1. The van der Waals surface area contributed by atoms with Crippen LogP contribution in [0, 0.1) is 5.82 Å². The van der Waals surface area contributed by atoms with E-state index >= 15 is 0 Å². The number of benzene rings is 2. The van der Waals surface area contributed by atoms with Crippen LogP contribution in [0.5, 0.6) is 0 Å². The van der Waals surface area contributed by atoms with Gasteiger partial charge in [0.05, 0.1) is 11.9 Å². The minimum atomic E-state index is -0.478. The van der Waals surface area contributed by atoms with E-state index in [4.69, 9.17) is 4.74 Å². The number of carbonyl (C=O) groups is 1. The van der Waals surface area contributed by atoms with Crippen molar-refractivity contribution in [3.8, 4) is 5.69 Å². The second kappa shape index (κ2) is 8.62. The Balaban J connectivity index is 1.45. The lowest BCUT2D eigenvalue weighted by atomic mass is 10.2. The Morgan fingerprint density at radius 1 is 1.19 bits per heavy atom. The van der Waals surface area contributed by atoms with Gasteiger partial charge in [-0.05, 0) is 23.8 Å². The van der Waals surface area contributed by atoms with Crippen molar-refractivity contribution >= 4 is 12.2 Å². The summed E-state index contributed by atoms with van der Waals surface area (Å²) in [5.74, 6) is -0.312. The van der Waals surface area contributed by atoms with Crippen LogP contribution in [0.15, 0.2) is 73.1 Å². The molecule has 0 aliphatic heterocycles. The second-order valence-corrected chi connectivity index (χ2v) is 5.54. The third-order valence-corrected chi connectivity index (χ3v) is 3.56. The number of nitrogens with one attached hydrogen (secondary N) is 1. The Labute approximate surface area is 150 Å². The summed E-state index contributed by atoms with van der Waals surface area (Å²) >= 11 is 0. The molecule has 6 heteroatoms. The summed E-state index contributed by atoms with van der Waals surface area (Å²) in [5.41, 5.74) is 2.42. The number of carbonyl (C=O) groups excluding carboxylic acids is 1. The highest BCUT2D eigenvalue weighted by molar-refractivity contribution is 5.67. The van der Waals surface area contributed by atoms with Crippen LogP contribution < -0.4 is 5.32 Å². The van der Waals surface area contributed by atoms with E-state index in [-0.39, 0.29) is 12.4 Å². The van der Waals surface area contributed by atoms with Gasteiger partial charge in [0.25, 0.3) is 0 Å². The van der Waals surface area contributed by atoms with Gasteiger partial charge < -0.3 is 10.1 Å². The molecule has 5 nitrogen and oxygen atoms in total. The molecule has 0 unspecified atom stereocenters. The van der Waals surface area contributed by atoms with Gasteiger partial charge in [0, 0.05) is 18.3 Å². The molecule has 0 aliphatic carbocycles. The van der Waals surface area contributed by atoms with Crippen LogP contribution in [-0.4, -0.2) is 22.4 Å². The molecule has 1 aromatic heterocycles. The van der Waals surface area contributed by atoms with Gasteiger partial charge in [-0.2, -0.15) is 5.10 Å². The zero-order valence-electron chi connectivity index (χ0n) is 14.0. The predicted molar refractivity (Wildman–Crippen MR) is 97.2 cm³/mol. The summed E-state index contributed by atoms with van der Waals surface area (Å²) in [5, 5.41) is 6.84. The Bertz CT molecular complexity index is 891. The number of alkyl carbamates (subject to hydrolysis) is 1. The molecule has 3 rings (SSSR count). The quantitative estimate of drug-likeness (QED) is 0.731. The summed E-state index contributed by atoms with van der Waals surface area (Å²) < 4.78 is 20.0. The maximum Gasteiger partial charge on any atom is 0.407 e. The third-order valence-electron chi connectivity index (χ3n) is 3.56. The van der Waals surface area contributed by atoms with E-state index in [2.05, 4.69) is 10.4 Å². The van der Waals surface area contributed by atoms with Gasteiger partial charge in [0.2, 0.25) is 0 Å². The lowest BCUT2D eigenvalue weighted by Gasteiger charge is -2.05. The van der Waals surface area contributed by atoms with Gasteiger partial charge in [-0.15, -0.1) is 0 Å². The van der Waals surface area contributed by atoms with Gasteiger partial charge >= 0.3 is 6.09 Å². The summed E-state index contributed by atoms with van der Waals surface area (Å²) in [4.78, 5) is 11.6.